The van der Waals surface area contributed by atoms with Crippen LogP contribution in [0.25, 0.3) is 0 Å². The number of thioether (sulfide) groups is 1. The third-order valence-corrected chi connectivity index (χ3v) is 5.83. The monoisotopic (exact) mass is 287 g/mol. The van der Waals surface area contributed by atoms with E-state index >= 15 is 0 Å². The number of unbranched alkanes of at least 4 members (excludes halogenated alkanes) is 2. The van der Waals surface area contributed by atoms with Crippen LogP contribution in [0.15, 0.2) is 0 Å². The second-order valence-corrected chi connectivity index (χ2v) is 8.31. The molecule has 0 aromatic rings. The first-order valence-corrected chi connectivity index (χ1v) is 9.23. The lowest BCUT2D eigenvalue weighted by molar-refractivity contribution is 0.421. The molecule has 2 N–H and O–H groups in total. The highest BCUT2D eigenvalue weighted by Crippen LogP contribution is 2.29. The Morgan fingerprint density at radius 2 is 1.47 bits per heavy atom. The Kier molecular flexibility index (Phi) is 11.2. The molecule has 0 radical (unpaired) electrons. The molecule has 0 rings (SSSR count). The van der Waals surface area contributed by atoms with Gasteiger partial charge in [-0.3, -0.25) is 0 Å². The molecule has 0 heterocycles. The van der Waals surface area contributed by atoms with E-state index < -0.39 is 0 Å². The molecule has 1 unspecified atom stereocenters. The molecule has 2 heteroatoms. The zero-order chi connectivity index (χ0) is 14.8. The van der Waals surface area contributed by atoms with Crippen LogP contribution in [0.2, 0.25) is 0 Å². The minimum absolute atomic E-state index is 0.326. The third-order valence-electron chi connectivity index (χ3n) is 4.16. The van der Waals surface area contributed by atoms with E-state index in [-0.39, 0.29) is 0 Å². The van der Waals surface area contributed by atoms with Crippen molar-refractivity contribution in [2.75, 3.05) is 0 Å². The maximum atomic E-state index is 6.39. The van der Waals surface area contributed by atoms with Crippen LogP contribution in [0, 0.1) is 17.8 Å². The highest BCUT2D eigenvalue weighted by Gasteiger charge is 2.20. The third kappa shape index (κ3) is 9.79. The number of hydrogen-bond donors (Lipinski definition) is 1. The van der Waals surface area contributed by atoms with E-state index in [0.717, 1.165) is 11.8 Å². The van der Waals surface area contributed by atoms with Gasteiger partial charge in [-0.1, -0.05) is 73.6 Å². The Morgan fingerprint density at radius 1 is 0.895 bits per heavy atom. The summed E-state index contributed by atoms with van der Waals surface area (Å²) in [6.07, 6.45) is 8.04. The van der Waals surface area contributed by atoms with E-state index in [1.807, 2.05) is 11.8 Å². The van der Waals surface area contributed by atoms with Crippen molar-refractivity contribution in [2.24, 2.45) is 23.5 Å². The summed E-state index contributed by atoms with van der Waals surface area (Å²) in [5.41, 5.74) is 6.39. The molecule has 0 aliphatic rings. The Labute approximate surface area is 126 Å². The SMILES string of the molecule is CCC(CCCCCC(C)C)[C@@H](N)S[C@H](C)C(C)C. The van der Waals surface area contributed by atoms with Crippen molar-refractivity contribution in [2.45, 2.75) is 90.7 Å². The van der Waals surface area contributed by atoms with Crippen LogP contribution in [-0.4, -0.2) is 10.6 Å². The van der Waals surface area contributed by atoms with Crippen molar-refractivity contribution in [3.63, 3.8) is 0 Å². The summed E-state index contributed by atoms with van der Waals surface area (Å²) in [5.74, 6) is 2.27. The van der Waals surface area contributed by atoms with Gasteiger partial charge in [-0.05, 0) is 24.2 Å². The van der Waals surface area contributed by atoms with Crippen LogP contribution in [0.3, 0.4) is 0 Å². The predicted octanol–water partition coefficient (Wildman–Crippen LogP) is 5.68. The summed E-state index contributed by atoms with van der Waals surface area (Å²) >= 11 is 1.99. The minimum atomic E-state index is 0.326. The second-order valence-electron chi connectivity index (χ2n) is 6.75. The summed E-state index contributed by atoms with van der Waals surface area (Å²) < 4.78 is 0. The van der Waals surface area contributed by atoms with Crippen molar-refractivity contribution in [3.8, 4) is 0 Å². The van der Waals surface area contributed by atoms with Gasteiger partial charge < -0.3 is 5.73 Å². The highest BCUT2D eigenvalue weighted by atomic mass is 32.2. The molecule has 0 saturated carbocycles. The van der Waals surface area contributed by atoms with Crippen LogP contribution in [0.5, 0.6) is 0 Å². The van der Waals surface area contributed by atoms with E-state index in [0.29, 0.717) is 16.5 Å². The molecule has 0 aliphatic carbocycles. The summed E-state index contributed by atoms with van der Waals surface area (Å²) in [7, 11) is 0. The molecular weight excluding hydrogens is 250 g/mol. The summed E-state index contributed by atoms with van der Waals surface area (Å²) in [6.45, 7) is 13.8. The molecule has 19 heavy (non-hydrogen) atoms. The molecule has 3 atom stereocenters. The Balaban J connectivity index is 3.86. The molecule has 0 amide bonds. The molecule has 0 aromatic heterocycles. The van der Waals surface area contributed by atoms with Crippen molar-refractivity contribution >= 4 is 11.8 Å². The topological polar surface area (TPSA) is 26.0 Å². The van der Waals surface area contributed by atoms with Gasteiger partial charge in [0.25, 0.3) is 0 Å². The summed E-state index contributed by atoms with van der Waals surface area (Å²) in [4.78, 5) is 0. The van der Waals surface area contributed by atoms with E-state index in [4.69, 9.17) is 5.73 Å². The first-order chi connectivity index (χ1) is 8.88. The van der Waals surface area contributed by atoms with Crippen molar-refractivity contribution in [3.05, 3.63) is 0 Å². The van der Waals surface area contributed by atoms with E-state index in [1.165, 1.54) is 38.5 Å². The molecule has 116 valence electrons. The molecular formula is C17H37NS. The van der Waals surface area contributed by atoms with E-state index in [1.54, 1.807) is 0 Å². The Bertz CT molecular complexity index is 203. The Hall–Kier alpha value is 0.310. The van der Waals surface area contributed by atoms with Gasteiger partial charge in [0, 0.05) is 5.25 Å². The summed E-state index contributed by atoms with van der Waals surface area (Å²) in [6, 6.07) is 0. The van der Waals surface area contributed by atoms with Gasteiger partial charge in [-0.2, -0.15) is 0 Å². The van der Waals surface area contributed by atoms with Gasteiger partial charge in [-0.25, -0.2) is 0 Å². The normalized spacial score (nSPS) is 16.9. The number of nitrogens with two attached hydrogens (primary N) is 1. The first-order valence-electron chi connectivity index (χ1n) is 8.29. The maximum Gasteiger partial charge on any atom is 0.0538 e. The maximum absolute atomic E-state index is 6.39. The fraction of sp³-hybridized carbons (Fsp3) is 1.00. The standard InChI is InChI=1S/C17H37NS/c1-7-16(12-10-8-9-11-13(2)3)17(18)19-15(6)14(4)5/h13-17H,7-12,18H2,1-6H3/t15-,16?,17+/m1/s1. The predicted molar refractivity (Wildman–Crippen MR) is 91.6 cm³/mol. The van der Waals surface area contributed by atoms with Gasteiger partial charge in [0.1, 0.15) is 0 Å². The molecule has 1 nitrogen and oxygen atoms in total. The van der Waals surface area contributed by atoms with E-state index in [9.17, 15) is 0 Å². The van der Waals surface area contributed by atoms with Gasteiger partial charge in [-0.15, -0.1) is 11.8 Å². The van der Waals surface area contributed by atoms with Gasteiger partial charge in [0.2, 0.25) is 0 Å². The van der Waals surface area contributed by atoms with Gasteiger partial charge in [0.05, 0.1) is 5.37 Å². The average molecular weight is 288 g/mol. The number of rotatable bonds is 11. The zero-order valence-corrected chi connectivity index (χ0v) is 14.9. The largest absolute Gasteiger partial charge is 0.319 e. The van der Waals surface area contributed by atoms with Crippen LogP contribution in [0.1, 0.15) is 80.1 Å². The molecule has 0 bridgehead atoms. The molecule has 0 aromatic carbocycles. The highest BCUT2D eigenvalue weighted by molar-refractivity contribution is 8.00. The molecule has 0 aliphatic heterocycles. The molecule has 0 spiro atoms. The molecule has 0 saturated heterocycles. The quantitative estimate of drug-likeness (QED) is 0.391. The lowest BCUT2D eigenvalue weighted by Crippen LogP contribution is -2.29. The lowest BCUT2D eigenvalue weighted by atomic mass is 9.97. The lowest BCUT2D eigenvalue weighted by Gasteiger charge is -2.26. The van der Waals surface area contributed by atoms with Crippen LogP contribution >= 0.6 is 11.8 Å². The van der Waals surface area contributed by atoms with Crippen LogP contribution < -0.4 is 5.73 Å². The fourth-order valence-electron chi connectivity index (χ4n) is 2.25. The van der Waals surface area contributed by atoms with Gasteiger partial charge >= 0.3 is 0 Å². The molecule has 0 fully saturated rings. The second kappa shape index (κ2) is 11.0. The van der Waals surface area contributed by atoms with Crippen molar-refractivity contribution in [1.82, 2.24) is 0 Å². The smallest absolute Gasteiger partial charge is 0.0538 e. The van der Waals surface area contributed by atoms with Crippen molar-refractivity contribution < 1.29 is 0 Å². The van der Waals surface area contributed by atoms with Crippen molar-refractivity contribution in [1.29, 1.82) is 0 Å². The first kappa shape index (κ1) is 19.3. The Morgan fingerprint density at radius 3 is 1.95 bits per heavy atom. The fourth-order valence-corrected chi connectivity index (χ4v) is 3.61. The minimum Gasteiger partial charge on any atom is -0.319 e. The van der Waals surface area contributed by atoms with Gasteiger partial charge in [0.15, 0.2) is 0 Å². The number of hydrogen-bond acceptors (Lipinski definition) is 2. The average Bonchev–Trinajstić information content (AvgIpc) is 2.32. The zero-order valence-electron chi connectivity index (χ0n) is 14.1. The van der Waals surface area contributed by atoms with Crippen LogP contribution in [-0.2, 0) is 0 Å². The van der Waals surface area contributed by atoms with Crippen LogP contribution in [0.4, 0.5) is 0 Å². The van der Waals surface area contributed by atoms with E-state index in [2.05, 4.69) is 41.5 Å². The summed E-state index contributed by atoms with van der Waals surface area (Å²) in [5, 5.41) is 0.998.